The molecule has 2 aromatic carbocycles. The van der Waals surface area contributed by atoms with Gasteiger partial charge in [0.25, 0.3) is 5.56 Å². The molecule has 0 bridgehead atoms. The highest BCUT2D eigenvalue weighted by Gasteiger charge is 2.34. The maximum atomic E-state index is 13.6. The highest BCUT2D eigenvalue weighted by molar-refractivity contribution is 7.89. The molecular weight excluding hydrogens is 420 g/mol. The van der Waals surface area contributed by atoms with Crippen LogP contribution in [0, 0.1) is 0 Å². The summed E-state index contributed by atoms with van der Waals surface area (Å²) in [4.78, 5) is 27.0. The lowest BCUT2D eigenvalue weighted by molar-refractivity contribution is 0.104. The largest absolute Gasteiger partial charge is 0.493 e. The van der Waals surface area contributed by atoms with Gasteiger partial charge in [0.05, 0.1) is 36.6 Å². The van der Waals surface area contributed by atoms with Gasteiger partial charge in [-0.25, -0.2) is 12.7 Å². The Labute approximate surface area is 179 Å². The molecule has 0 radical (unpaired) electrons. The van der Waals surface area contributed by atoms with Crippen molar-refractivity contribution < 1.29 is 22.7 Å². The second kappa shape index (κ2) is 7.51. The van der Waals surface area contributed by atoms with E-state index in [0.29, 0.717) is 33.5 Å². The molecule has 8 nitrogen and oxygen atoms in total. The van der Waals surface area contributed by atoms with E-state index in [-0.39, 0.29) is 29.2 Å². The van der Waals surface area contributed by atoms with Gasteiger partial charge in [-0.3, -0.25) is 9.59 Å². The summed E-state index contributed by atoms with van der Waals surface area (Å²) in [5.41, 5.74) is 1.43. The number of methoxy groups -OCH3 is 2. The van der Waals surface area contributed by atoms with Gasteiger partial charge in [-0.1, -0.05) is 24.3 Å². The van der Waals surface area contributed by atoms with Gasteiger partial charge < -0.3 is 14.0 Å². The van der Waals surface area contributed by atoms with Crippen molar-refractivity contribution in [2.24, 2.45) is 0 Å². The van der Waals surface area contributed by atoms with Gasteiger partial charge in [0.1, 0.15) is 0 Å². The molecule has 31 heavy (non-hydrogen) atoms. The van der Waals surface area contributed by atoms with Gasteiger partial charge in [-0.15, -0.1) is 0 Å². The predicted octanol–water partition coefficient (Wildman–Crippen LogP) is 2.12. The van der Waals surface area contributed by atoms with Crippen LogP contribution in [0.25, 0.3) is 22.0 Å². The Balaban J connectivity index is 2.10. The van der Waals surface area contributed by atoms with Crippen LogP contribution < -0.4 is 15.0 Å². The number of ether oxygens (including phenoxy) is 2. The molecule has 0 saturated heterocycles. The Bertz CT molecular complexity index is 1390. The van der Waals surface area contributed by atoms with Crippen molar-refractivity contribution in [2.75, 3.05) is 34.1 Å². The van der Waals surface area contributed by atoms with E-state index in [0.717, 1.165) is 4.31 Å². The molecule has 0 fully saturated rings. The fraction of sp³-hybridized carbons (Fsp3) is 0.273. The van der Waals surface area contributed by atoms with Gasteiger partial charge >= 0.3 is 0 Å². The third-order valence-electron chi connectivity index (χ3n) is 5.56. The Morgan fingerprint density at radius 2 is 1.65 bits per heavy atom. The number of pyridine rings is 1. The number of aromatic nitrogens is 1. The second-order valence-electron chi connectivity index (χ2n) is 7.38. The Morgan fingerprint density at radius 3 is 2.26 bits per heavy atom. The van der Waals surface area contributed by atoms with Crippen molar-refractivity contribution in [1.82, 2.24) is 8.87 Å². The van der Waals surface area contributed by atoms with Crippen molar-refractivity contribution in [2.45, 2.75) is 6.54 Å². The molecule has 3 aromatic rings. The first-order valence-corrected chi connectivity index (χ1v) is 11.2. The van der Waals surface area contributed by atoms with Gasteiger partial charge in [0.2, 0.25) is 10.0 Å². The zero-order valence-corrected chi connectivity index (χ0v) is 18.4. The average Bonchev–Trinajstić information content (AvgIpc) is 3.05. The van der Waals surface area contributed by atoms with E-state index in [9.17, 15) is 18.0 Å². The highest BCUT2D eigenvalue weighted by atomic mass is 32.2. The third kappa shape index (κ3) is 3.12. The van der Waals surface area contributed by atoms with E-state index >= 15 is 0 Å². The fourth-order valence-corrected chi connectivity index (χ4v) is 4.76. The normalized spacial score (nSPS) is 12.9. The summed E-state index contributed by atoms with van der Waals surface area (Å²) in [6, 6.07) is 10.3. The van der Waals surface area contributed by atoms with Crippen LogP contribution in [0.4, 0.5) is 0 Å². The van der Waals surface area contributed by atoms with Gasteiger partial charge in [0, 0.05) is 37.2 Å². The Kier molecular flexibility index (Phi) is 5.10. The summed E-state index contributed by atoms with van der Waals surface area (Å²) >= 11 is 0. The van der Waals surface area contributed by atoms with Crippen LogP contribution in [-0.4, -0.2) is 57.1 Å². The minimum absolute atomic E-state index is 0.112. The number of benzene rings is 2. The van der Waals surface area contributed by atoms with Crippen LogP contribution in [0.2, 0.25) is 0 Å². The van der Waals surface area contributed by atoms with E-state index in [1.807, 2.05) is 0 Å². The van der Waals surface area contributed by atoms with Crippen LogP contribution in [0.5, 0.6) is 11.5 Å². The smallest absolute Gasteiger partial charge is 0.262 e. The van der Waals surface area contributed by atoms with Crippen LogP contribution in [-0.2, 0) is 16.6 Å². The molecular formula is C22H22N2O6S. The first kappa shape index (κ1) is 21.1. The second-order valence-corrected chi connectivity index (χ2v) is 9.68. The standard InChI is InChI=1S/C22H22N2O6S/c1-23(2)31(27,28)12-11-24-19-13-7-5-6-8-14(13)20(25)17(19)15-9-10-16(29-3)21(30-4)18(15)22(24)26/h5-10H,11-12H2,1-4H3. The molecule has 1 aliphatic carbocycles. The van der Waals surface area contributed by atoms with Crippen molar-refractivity contribution in [3.8, 4) is 22.8 Å². The fourth-order valence-electron chi connectivity index (χ4n) is 3.98. The number of carbonyl (C=O) groups excluding carboxylic acids is 1. The molecule has 9 heteroatoms. The SMILES string of the molecule is COc1ccc2c3c(n(CCS(=O)(=O)N(C)C)c(=O)c2c1OC)-c1ccccc1C3=O. The van der Waals surface area contributed by atoms with E-state index in [2.05, 4.69) is 0 Å². The molecule has 0 saturated carbocycles. The molecule has 1 heterocycles. The zero-order chi connectivity index (χ0) is 22.5. The van der Waals surface area contributed by atoms with E-state index in [4.69, 9.17) is 9.47 Å². The zero-order valence-electron chi connectivity index (χ0n) is 17.6. The topological polar surface area (TPSA) is 94.9 Å². The maximum absolute atomic E-state index is 13.6. The van der Waals surface area contributed by atoms with Crippen molar-refractivity contribution in [3.05, 3.63) is 57.9 Å². The molecule has 0 aliphatic heterocycles. The molecule has 0 amide bonds. The van der Waals surface area contributed by atoms with Crippen LogP contribution >= 0.6 is 0 Å². The van der Waals surface area contributed by atoms with Crippen LogP contribution in [0.1, 0.15) is 15.9 Å². The summed E-state index contributed by atoms with van der Waals surface area (Å²) < 4.78 is 38.1. The predicted molar refractivity (Wildman–Crippen MR) is 118 cm³/mol. The summed E-state index contributed by atoms with van der Waals surface area (Å²) in [6.07, 6.45) is 0. The van der Waals surface area contributed by atoms with Gasteiger partial charge in [-0.05, 0) is 12.1 Å². The number of hydrogen-bond acceptors (Lipinski definition) is 6. The molecule has 4 rings (SSSR count). The number of nitrogens with zero attached hydrogens (tertiary/aromatic N) is 2. The molecule has 0 unspecified atom stereocenters. The molecule has 0 atom stereocenters. The lowest BCUT2D eigenvalue weighted by Gasteiger charge is -2.18. The average molecular weight is 442 g/mol. The molecule has 1 aliphatic rings. The summed E-state index contributed by atoms with van der Waals surface area (Å²) in [5, 5.41) is 0.634. The number of rotatable bonds is 6. The summed E-state index contributed by atoms with van der Waals surface area (Å²) in [6.45, 7) is -0.112. The molecule has 0 N–H and O–H groups in total. The number of ketones is 1. The molecule has 162 valence electrons. The lowest BCUT2D eigenvalue weighted by atomic mass is 10.0. The molecule has 0 spiro atoms. The minimum Gasteiger partial charge on any atom is -0.493 e. The lowest BCUT2D eigenvalue weighted by Crippen LogP contribution is -2.31. The van der Waals surface area contributed by atoms with E-state index in [1.165, 1.54) is 32.9 Å². The van der Waals surface area contributed by atoms with E-state index in [1.54, 1.807) is 36.4 Å². The first-order valence-electron chi connectivity index (χ1n) is 9.58. The summed E-state index contributed by atoms with van der Waals surface area (Å²) in [5.74, 6) is 0.0517. The number of carbonyl (C=O) groups is 1. The monoisotopic (exact) mass is 442 g/mol. The van der Waals surface area contributed by atoms with Crippen LogP contribution in [0.3, 0.4) is 0 Å². The summed E-state index contributed by atoms with van der Waals surface area (Å²) in [7, 11) is 2.19. The Morgan fingerprint density at radius 1 is 0.968 bits per heavy atom. The quantitative estimate of drug-likeness (QED) is 0.454. The molecule has 1 aromatic heterocycles. The number of fused-ring (bicyclic) bond motifs is 5. The van der Waals surface area contributed by atoms with Gasteiger partial charge in [0.15, 0.2) is 17.3 Å². The van der Waals surface area contributed by atoms with Crippen molar-refractivity contribution in [3.63, 3.8) is 0 Å². The van der Waals surface area contributed by atoms with Gasteiger partial charge in [-0.2, -0.15) is 0 Å². The first-order chi connectivity index (χ1) is 14.7. The highest BCUT2D eigenvalue weighted by Crippen LogP contribution is 2.42. The van der Waals surface area contributed by atoms with Crippen molar-refractivity contribution in [1.29, 1.82) is 0 Å². The van der Waals surface area contributed by atoms with Crippen molar-refractivity contribution >= 4 is 26.6 Å². The third-order valence-corrected chi connectivity index (χ3v) is 7.37. The number of hydrogen-bond donors (Lipinski definition) is 0. The maximum Gasteiger partial charge on any atom is 0.262 e. The Hall–Kier alpha value is -3.17. The number of sulfonamides is 1. The van der Waals surface area contributed by atoms with E-state index < -0.39 is 15.6 Å². The minimum atomic E-state index is -3.57. The van der Waals surface area contributed by atoms with Crippen LogP contribution in [0.15, 0.2) is 41.2 Å².